The largest absolute Gasteiger partial charge is 0.472 e. The molecule has 2 aromatic carbocycles. The maximum Gasteiger partial charge on any atom is 0.276 e. The molecule has 0 unspecified atom stereocenters. The van der Waals surface area contributed by atoms with Crippen molar-refractivity contribution >= 4 is 27.7 Å². The lowest BCUT2D eigenvalue weighted by Gasteiger charge is -2.16. The zero-order valence-electron chi connectivity index (χ0n) is 21.2. The Morgan fingerprint density at radius 2 is 1.89 bits per heavy atom. The highest BCUT2D eigenvalue weighted by Gasteiger charge is 2.19. The van der Waals surface area contributed by atoms with Crippen LogP contribution in [0.15, 0.2) is 39.6 Å². The van der Waals surface area contributed by atoms with Gasteiger partial charge in [-0.25, -0.2) is 8.78 Å². The van der Waals surface area contributed by atoms with Crippen LogP contribution in [0.1, 0.15) is 39.3 Å². The summed E-state index contributed by atoms with van der Waals surface area (Å²) in [5.74, 6) is -2.22. The molecule has 0 saturated carbocycles. The van der Waals surface area contributed by atoms with Gasteiger partial charge >= 0.3 is 0 Å². The zero-order valence-corrected chi connectivity index (χ0v) is 22.8. The number of hydrogen-bond donors (Lipinski definition) is 3. The first-order valence-corrected chi connectivity index (χ1v) is 12.4. The molecular weight excluding hydrogens is 566 g/mol. The van der Waals surface area contributed by atoms with Crippen LogP contribution in [0.3, 0.4) is 0 Å². The highest BCUT2D eigenvalue weighted by atomic mass is 79.9. The number of nitrogens with zero attached hydrogens (tertiary/aromatic N) is 2. The van der Waals surface area contributed by atoms with E-state index in [1.165, 1.54) is 30.7 Å². The average Bonchev–Trinajstić information content (AvgIpc) is 2.89. The molecule has 3 aromatic rings. The number of aromatic nitrogens is 2. The number of aliphatic hydroxyl groups is 1. The smallest absolute Gasteiger partial charge is 0.276 e. The molecule has 0 aliphatic rings. The number of carbonyl (C=O) groups excluding carboxylic acids is 2. The molecule has 0 spiro atoms. The lowest BCUT2D eigenvalue weighted by atomic mass is 10.1. The molecule has 0 radical (unpaired) electrons. The van der Waals surface area contributed by atoms with Gasteiger partial charge in [-0.3, -0.25) is 19.0 Å². The lowest BCUT2D eigenvalue weighted by Crippen LogP contribution is -2.35. The van der Waals surface area contributed by atoms with Crippen molar-refractivity contribution in [1.82, 2.24) is 20.2 Å². The molecule has 2 amide bonds. The second kappa shape index (κ2) is 12.3. The Morgan fingerprint density at radius 3 is 2.58 bits per heavy atom. The van der Waals surface area contributed by atoms with Crippen LogP contribution in [0.25, 0.3) is 5.69 Å². The van der Waals surface area contributed by atoms with E-state index in [4.69, 9.17) is 4.74 Å². The number of amides is 2. The molecule has 0 saturated heterocycles. The van der Waals surface area contributed by atoms with Crippen LogP contribution >= 0.6 is 15.9 Å². The number of halogens is 3. The summed E-state index contributed by atoms with van der Waals surface area (Å²) in [4.78, 5) is 41.7. The van der Waals surface area contributed by atoms with Gasteiger partial charge in [-0.2, -0.15) is 4.98 Å². The van der Waals surface area contributed by atoms with Crippen LogP contribution in [0.2, 0.25) is 0 Å². The van der Waals surface area contributed by atoms with E-state index in [9.17, 15) is 28.3 Å². The molecule has 1 atom stereocenters. The molecule has 0 bridgehead atoms. The number of likely N-dealkylation sites (N-methyl/N-ethyl adjacent to an activating group) is 1. The minimum absolute atomic E-state index is 0.0141. The Kier molecular flexibility index (Phi) is 9.34. The van der Waals surface area contributed by atoms with Crippen molar-refractivity contribution in [2.45, 2.75) is 39.9 Å². The van der Waals surface area contributed by atoms with Gasteiger partial charge in [-0.15, -0.1) is 0 Å². The SMILES string of the molecule is CNC(=O)[C@@H](O)CCNC(=O)c1ccc(C)c(-n2c(C)nc(OCc3ccc(F)c(C)c3F)c(Br)c2=O)c1. The summed E-state index contributed by atoms with van der Waals surface area (Å²) in [5, 5.41) is 14.7. The van der Waals surface area contributed by atoms with Crippen LogP contribution in [-0.2, 0) is 11.4 Å². The molecular formula is C26H27BrF2N4O5. The fraction of sp³-hybridized carbons (Fsp3) is 0.308. The summed E-state index contributed by atoms with van der Waals surface area (Å²) in [6.07, 6.45) is -1.22. The summed E-state index contributed by atoms with van der Waals surface area (Å²) >= 11 is 3.21. The molecule has 0 fully saturated rings. The van der Waals surface area contributed by atoms with Crippen LogP contribution in [0.4, 0.5) is 8.78 Å². The van der Waals surface area contributed by atoms with Gasteiger partial charge in [0.25, 0.3) is 11.5 Å². The zero-order chi connectivity index (χ0) is 28.1. The Morgan fingerprint density at radius 1 is 1.18 bits per heavy atom. The monoisotopic (exact) mass is 592 g/mol. The third kappa shape index (κ3) is 6.25. The number of hydrogen-bond acceptors (Lipinski definition) is 6. The molecule has 202 valence electrons. The van der Waals surface area contributed by atoms with Crippen molar-refractivity contribution in [3.8, 4) is 11.6 Å². The van der Waals surface area contributed by atoms with Crippen molar-refractivity contribution < 1.29 is 28.2 Å². The first-order valence-electron chi connectivity index (χ1n) is 11.6. The number of rotatable bonds is 9. The number of carbonyl (C=O) groups is 2. The molecule has 1 heterocycles. The Hall–Kier alpha value is -3.64. The number of benzene rings is 2. The topological polar surface area (TPSA) is 123 Å². The van der Waals surface area contributed by atoms with Gasteiger partial charge in [0.05, 0.1) is 5.69 Å². The Balaban J connectivity index is 1.84. The van der Waals surface area contributed by atoms with Crippen LogP contribution in [0.5, 0.6) is 5.88 Å². The number of aryl methyl sites for hydroxylation is 2. The van der Waals surface area contributed by atoms with Gasteiger partial charge in [-0.1, -0.05) is 6.07 Å². The molecule has 9 nitrogen and oxygen atoms in total. The van der Waals surface area contributed by atoms with Gasteiger partial charge in [0, 0.05) is 30.3 Å². The van der Waals surface area contributed by atoms with Crippen molar-refractivity contribution in [2.75, 3.05) is 13.6 Å². The molecule has 12 heteroatoms. The molecule has 38 heavy (non-hydrogen) atoms. The summed E-state index contributed by atoms with van der Waals surface area (Å²) < 4.78 is 34.8. The third-order valence-electron chi connectivity index (χ3n) is 5.89. The molecule has 3 rings (SSSR count). The summed E-state index contributed by atoms with van der Waals surface area (Å²) in [6.45, 7) is 4.45. The first-order chi connectivity index (χ1) is 18.0. The number of ether oxygens (including phenoxy) is 1. The summed E-state index contributed by atoms with van der Waals surface area (Å²) in [7, 11) is 1.40. The predicted octanol–water partition coefficient (Wildman–Crippen LogP) is 3.00. The highest BCUT2D eigenvalue weighted by Crippen LogP contribution is 2.24. The second-order valence-electron chi connectivity index (χ2n) is 8.53. The molecule has 0 aliphatic heterocycles. The third-order valence-corrected chi connectivity index (χ3v) is 6.57. The average molecular weight is 593 g/mol. The standard InChI is InChI=1S/C26H27BrF2N4O5/c1-13-5-6-16(23(35)31-10-9-20(34)24(36)30-4)11-19(13)33-15(3)32-25(21(27)26(33)37)38-12-17-7-8-18(28)14(2)22(17)29/h5-8,11,20,34H,9-10,12H2,1-4H3,(H,30,36)(H,31,35)/t20-/m0/s1. The van der Waals surface area contributed by atoms with E-state index in [0.29, 0.717) is 11.3 Å². The summed E-state index contributed by atoms with van der Waals surface area (Å²) in [6, 6.07) is 7.19. The number of nitrogens with one attached hydrogen (secondary N) is 2. The van der Waals surface area contributed by atoms with Crippen LogP contribution < -0.4 is 20.9 Å². The molecule has 1 aromatic heterocycles. The second-order valence-corrected chi connectivity index (χ2v) is 9.32. The fourth-order valence-electron chi connectivity index (χ4n) is 3.65. The van der Waals surface area contributed by atoms with Gasteiger partial charge in [0.1, 0.15) is 34.6 Å². The highest BCUT2D eigenvalue weighted by molar-refractivity contribution is 9.10. The Labute approximate surface area is 226 Å². The van der Waals surface area contributed by atoms with Crippen molar-refractivity contribution in [2.24, 2.45) is 0 Å². The van der Waals surface area contributed by atoms with Crippen molar-refractivity contribution in [3.05, 3.63) is 84.9 Å². The van der Waals surface area contributed by atoms with Crippen LogP contribution in [0, 0.1) is 32.4 Å². The van der Waals surface area contributed by atoms with Crippen molar-refractivity contribution in [1.29, 1.82) is 0 Å². The minimum Gasteiger partial charge on any atom is -0.472 e. The lowest BCUT2D eigenvalue weighted by molar-refractivity contribution is -0.129. The van der Waals surface area contributed by atoms with E-state index in [1.54, 1.807) is 26.0 Å². The number of aliphatic hydroxyl groups excluding tert-OH is 1. The van der Waals surface area contributed by atoms with E-state index in [-0.39, 0.29) is 52.4 Å². The van der Waals surface area contributed by atoms with Gasteiger partial charge < -0.3 is 20.5 Å². The van der Waals surface area contributed by atoms with E-state index >= 15 is 0 Å². The molecule has 0 aliphatic carbocycles. The minimum atomic E-state index is -1.25. The van der Waals surface area contributed by atoms with Gasteiger partial charge in [0.15, 0.2) is 0 Å². The van der Waals surface area contributed by atoms with Gasteiger partial charge in [-0.05, 0) is 73.0 Å². The molecule has 3 N–H and O–H groups in total. The van der Waals surface area contributed by atoms with Crippen molar-refractivity contribution in [3.63, 3.8) is 0 Å². The first kappa shape index (κ1) is 28.9. The fourth-order valence-corrected chi connectivity index (χ4v) is 4.03. The quantitative estimate of drug-likeness (QED) is 0.351. The van der Waals surface area contributed by atoms with E-state index in [1.807, 2.05) is 0 Å². The van der Waals surface area contributed by atoms with E-state index in [2.05, 4.69) is 31.5 Å². The summed E-state index contributed by atoms with van der Waals surface area (Å²) in [5.41, 5.74) is 0.810. The van der Waals surface area contributed by atoms with Crippen LogP contribution in [-0.4, -0.2) is 46.2 Å². The van der Waals surface area contributed by atoms with E-state index in [0.717, 1.165) is 6.07 Å². The van der Waals surface area contributed by atoms with E-state index < -0.39 is 35.1 Å². The normalized spacial score (nSPS) is 11.7. The Bertz CT molecular complexity index is 1440. The predicted molar refractivity (Wildman–Crippen MR) is 139 cm³/mol. The maximum atomic E-state index is 14.3. The van der Waals surface area contributed by atoms with Gasteiger partial charge in [0.2, 0.25) is 11.8 Å². The maximum absolute atomic E-state index is 14.3.